The number of aryl methyl sites for hydroxylation is 1. The molecule has 0 spiro atoms. The molecule has 1 aromatic rings. The van der Waals surface area contributed by atoms with Crippen molar-refractivity contribution < 1.29 is 17.6 Å². The Morgan fingerprint density at radius 1 is 1.38 bits per heavy atom. The second-order valence-electron chi connectivity index (χ2n) is 3.76. The van der Waals surface area contributed by atoms with E-state index in [1.165, 1.54) is 18.2 Å². The number of benzene rings is 1. The molecule has 5 heteroatoms. The van der Waals surface area contributed by atoms with Crippen molar-refractivity contribution in [2.45, 2.75) is 13.3 Å². The fourth-order valence-corrected chi connectivity index (χ4v) is 1.91. The van der Waals surface area contributed by atoms with Gasteiger partial charge in [-0.15, -0.1) is 0 Å². The van der Waals surface area contributed by atoms with Gasteiger partial charge >= 0.3 is 0 Å². The van der Waals surface area contributed by atoms with E-state index in [4.69, 9.17) is 0 Å². The average molecular weight is 244 g/mol. The van der Waals surface area contributed by atoms with Crippen molar-refractivity contribution in [3.8, 4) is 0 Å². The highest BCUT2D eigenvalue weighted by atomic mass is 32.2. The molecule has 0 radical (unpaired) electrons. The average Bonchev–Trinajstić information content (AvgIpc) is 2.13. The van der Waals surface area contributed by atoms with Crippen molar-refractivity contribution in [1.29, 1.82) is 0 Å². The fourth-order valence-electron chi connectivity index (χ4n) is 1.35. The van der Waals surface area contributed by atoms with Crippen molar-refractivity contribution in [3.63, 3.8) is 0 Å². The molecule has 1 aromatic carbocycles. The summed E-state index contributed by atoms with van der Waals surface area (Å²) in [5.41, 5.74) is 0.906. The zero-order chi connectivity index (χ0) is 12.3. The van der Waals surface area contributed by atoms with E-state index >= 15 is 0 Å². The standard InChI is InChI=1S/C11H13FO3S/c1-8-7-9(12)3-4-10(8)11(13)5-6-16(2,14)15/h3-4,7H,5-6H2,1-2H3. The van der Waals surface area contributed by atoms with Crippen LogP contribution in [0, 0.1) is 12.7 Å². The van der Waals surface area contributed by atoms with E-state index in [0.717, 1.165) is 6.26 Å². The zero-order valence-electron chi connectivity index (χ0n) is 9.16. The Bertz CT molecular complexity index is 506. The summed E-state index contributed by atoms with van der Waals surface area (Å²) >= 11 is 0. The van der Waals surface area contributed by atoms with E-state index in [-0.39, 0.29) is 18.0 Å². The van der Waals surface area contributed by atoms with Crippen LogP contribution < -0.4 is 0 Å². The first-order valence-electron chi connectivity index (χ1n) is 4.76. The van der Waals surface area contributed by atoms with Gasteiger partial charge in [-0.3, -0.25) is 4.79 Å². The van der Waals surface area contributed by atoms with Crippen LogP contribution in [0.1, 0.15) is 22.3 Å². The summed E-state index contributed by atoms with van der Waals surface area (Å²) in [6.45, 7) is 1.62. The molecule has 0 aliphatic heterocycles. The van der Waals surface area contributed by atoms with Crippen LogP contribution in [0.15, 0.2) is 18.2 Å². The summed E-state index contributed by atoms with van der Waals surface area (Å²) in [4.78, 5) is 11.6. The summed E-state index contributed by atoms with van der Waals surface area (Å²) in [7, 11) is -3.14. The number of hydrogen-bond acceptors (Lipinski definition) is 3. The number of Topliss-reactive ketones (excluding diaryl/α,β-unsaturated/α-hetero) is 1. The number of carbonyl (C=O) groups is 1. The minimum absolute atomic E-state index is 0.0642. The van der Waals surface area contributed by atoms with Gasteiger partial charge in [-0.05, 0) is 30.7 Å². The van der Waals surface area contributed by atoms with Crippen LogP contribution in [0.25, 0.3) is 0 Å². The molecule has 0 saturated heterocycles. The summed E-state index contributed by atoms with van der Waals surface area (Å²) < 4.78 is 34.6. The molecule has 0 aromatic heterocycles. The largest absolute Gasteiger partial charge is 0.294 e. The molecule has 0 saturated carbocycles. The monoisotopic (exact) mass is 244 g/mol. The third-order valence-corrected chi connectivity index (χ3v) is 3.13. The number of ketones is 1. The predicted molar refractivity (Wildman–Crippen MR) is 59.8 cm³/mol. The summed E-state index contributed by atoms with van der Waals surface area (Å²) in [5, 5.41) is 0. The Kier molecular flexibility index (Phi) is 3.80. The van der Waals surface area contributed by atoms with Crippen LogP contribution in [0.4, 0.5) is 4.39 Å². The molecular formula is C11H13FO3S. The van der Waals surface area contributed by atoms with E-state index in [1.54, 1.807) is 6.92 Å². The highest BCUT2D eigenvalue weighted by molar-refractivity contribution is 7.90. The Morgan fingerprint density at radius 3 is 2.50 bits per heavy atom. The first kappa shape index (κ1) is 12.8. The molecule has 0 aliphatic carbocycles. The molecular weight excluding hydrogens is 231 g/mol. The van der Waals surface area contributed by atoms with Gasteiger partial charge < -0.3 is 0 Å². The van der Waals surface area contributed by atoms with Crippen LogP contribution in [0.5, 0.6) is 0 Å². The lowest BCUT2D eigenvalue weighted by Gasteiger charge is -2.04. The SMILES string of the molecule is Cc1cc(F)ccc1C(=O)CCS(C)(=O)=O. The van der Waals surface area contributed by atoms with Gasteiger partial charge in [0, 0.05) is 18.2 Å². The number of sulfone groups is 1. The van der Waals surface area contributed by atoms with Crippen LogP contribution in [0.3, 0.4) is 0 Å². The van der Waals surface area contributed by atoms with Gasteiger partial charge in [0.25, 0.3) is 0 Å². The minimum atomic E-state index is -3.14. The third-order valence-electron chi connectivity index (χ3n) is 2.19. The molecule has 0 amide bonds. The number of carbonyl (C=O) groups excluding carboxylic acids is 1. The Balaban J connectivity index is 2.82. The number of rotatable bonds is 4. The molecule has 16 heavy (non-hydrogen) atoms. The first-order valence-corrected chi connectivity index (χ1v) is 6.83. The Labute approximate surface area is 94.2 Å². The maximum atomic E-state index is 12.8. The van der Waals surface area contributed by atoms with Crippen LogP contribution >= 0.6 is 0 Å². The third kappa shape index (κ3) is 3.73. The summed E-state index contributed by atoms with van der Waals surface area (Å²) in [6.07, 6.45) is 1.02. The van der Waals surface area contributed by atoms with E-state index < -0.39 is 15.7 Å². The molecule has 0 aliphatic rings. The molecule has 0 N–H and O–H groups in total. The van der Waals surface area contributed by atoms with Crippen molar-refractivity contribution in [3.05, 3.63) is 35.1 Å². The molecule has 0 fully saturated rings. The minimum Gasteiger partial charge on any atom is -0.294 e. The number of hydrogen-bond donors (Lipinski definition) is 0. The van der Waals surface area contributed by atoms with Gasteiger partial charge in [-0.1, -0.05) is 0 Å². The first-order chi connectivity index (χ1) is 7.29. The molecule has 0 atom stereocenters. The van der Waals surface area contributed by atoms with Crippen LogP contribution in [0.2, 0.25) is 0 Å². The molecule has 0 unspecified atom stereocenters. The lowest BCUT2D eigenvalue weighted by Crippen LogP contribution is -2.10. The fraction of sp³-hybridized carbons (Fsp3) is 0.364. The molecule has 1 rings (SSSR count). The maximum Gasteiger partial charge on any atom is 0.164 e. The van der Waals surface area contributed by atoms with Crippen molar-refractivity contribution >= 4 is 15.6 Å². The second kappa shape index (κ2) is 4.74. The highest BCUT2D eigenvalue weighted by Crippen LogP contribution is 2.12. The Hall–Kier alpha value is -1.23. The van der Waals surface area contributed by atoms with E-state index in [9.17, 15) is 17.6 Å². The second-order valence-corrected chi connectivity index (χ2v) is 6.02. The van der Waals surface area contributed by atoms with Gasteiger partial charge in [-0.2, -0.15) is 0 Å². The zero-order valence-corrected chi connectivity index (χ0v) is 9.97. The molecule has 3 nitrogen and oxygen atoms in total. The van der Waals surface area contributed by atoms with E-state index in [2.05, 4.69) is 0 Å². The van der Waals surface area contributed by atoms with Crippen LogP contribution in [-0.2, 0) is 9.84 Å². The summed E-state index contributed by atoms with van der Waals surface area (Å²) in [6, 6.07) is 3.84. The van der Waals surface area contributed by atoms with Gasteiger partial charge in [0.15, 0.2) is 5.78 Å². The smallest absolute Gasteiger partial charge is 0.164 e. The van der Waals surface area contributed by atoms with Gasteiger partial charge in [0.1, 0.15) is 15.7 Å². The summed E-state index contributed by atoms with van der Waals surface area (Å²) in [5.74, 6) is -0.858. The van der Waals surface area contributed by atoms with Crippen LogP contribution in [-0.4, -0.2) is 26.2 Å². The van der Waals surface area contributed by atoms with Gasteiger partial charge in [0.05, 0.1) is 5.75 Å². The molecule has 0 bridgehead atoms. The topological polar surface area (TPSA) is 51.2 Å². The quantitative estimate of drug-likeness (QED) is 0.758. The van der Waals surface area contributed by atoms with Crippen molar-refractivity contribution in [1.82, 2.24) is 0 Å². The molecule has 88 valence electrons. The van der Waals surface area contributed by atoms with Crippen molar-refractivity contribution in [2.75, 3.05) is 12.0 Å². The van der Waals surface area contributed by atoms with E-state index in [1.807, 2.05) is 0 Å². The Morgan fingerprint density at radius 2 is 2.00 bits per heavy atom. The van der Waals surface area contributed by atoms with Gasteiger partial charge in [-0.25, -0.2) is 12.8 Å². The lowest BCUT2D eigenvalue weighted by atomic mass is 10.0. The van der Waals surface area contributed by atoms with Gasteiger partial charge in [0.2, 0.25) is 0 Å². The predicted octanol–water partition coefficient (Wildman–Crippen LogP) is 1.75. The van der Waals surface area contributed by atoms with E-state index in [0.29, 0.717) is 11.1 Å². The highest BCUT2D eigenvalue weighted by Gasteiger charge is 2.12. The maximum absolute atomic E-state index is 12.8. The van der Waals surface area contributed by atoms with Crippen molar-refractivity contribution in [2.24, 2.45) is 0 Å². The number of halogens is 1. The lowest BCUT2D eigenvalue weighted by molar-refractivity contribution is 0.0988. The molecule has 0 heterocycles. The normalized spacial score (nSPS) is 11.4.